The molecule has 5 heteroatoms. The lowest BCUT2D eigenvalue weighted by molar-refractivity contribution is 0.0786. The Kier molecular flexibility index (Phi) is 3.93. The van der Waals surface area contributed by atoms with Gasteiger partial charge in [0, 0.05) is 25.4 Å². The molecule has 3 nitrogen and oxygen atoms in total. The van der Waals surface area contributed by atoms with E-state index in [9.17, 15) is 9.18 Å². The minimum Gasteiger partial charge on any atom is -0.493 e. The summed E-state index contributed by atoms with van der Waals surface area (Å²) in [5, 5.41) is 0.165. The number of likely N-dealkylation sites (tertiary alicyclic amines) is 1. The first kappa shape index (κ1) is 15.5. The number of hydrogen-bond donors (Lipinski definition) is 0. The van der Waals surface area contributed by atoms with Gasteiger partial charge >= 0.3 is 0 Å². The Labute approximate surface area is 145 Å². The summed E-state index contributed by atoms with van der Waals surface area (Å²) in [6.07, 6.45) is 1.81. The minimum absolute atomic E-state index is 0.0258. The molecule has 0 aromatic heterocycles. The third-order valence-electron chi connectivity index (χ3n) is 4.84. The summed E-state index contributed by atoms with van der Waals surface area (Å²) in [6, 6.07) is 10.6. The van der Waals surface area contributed by atoms with Gasteiger partial charge in [0.1, 0.15) is 11.6 Å². The topological polar surface area (TPSA) is 29.5 Å². The Hall–Kier alpha value is -2.07. The van der Waals surface area contributed by atoms with Crippen molar-refractivity contribution in [2.45, 2.75) is 18.8 Å². The number of fused-ring (bicyclic) bond motifs is 1. The van der Waals surface area contributed by atoms with Crippen LogP contribution in [-0.4, -0.2) is 30.5 Å². The lowest BCUT2D eigenvalue weighted by atomic mass is 9.96. The maximum absolute atomic E-state index is 14.0. The fourth-order valence-electron chi connectivity index (χ4n) is 3.54. The Morgan fingerprint density at radius 2 is 2.17 bits per heavy atom. The van der Waals surface area contributed by atoms with E-state index in [0.29, 0.717) is 13.1 Å². The van der Waals surface area contributed by atoms with Gasteiger partial charge in [0.05, 0.1) is 17.2 Å². The van der Waals surface area contributed by atoms with Crippen LogP contribution in [0.5, 0.6) is 5.75 Å². The number of nitrogens with zero attached hydrogens (tertiary/aromatic N) is 1. The number of halogens is 2. The van der Waals surface area contributed by atoms with Crippen molar-refractivity contribution in [3.05, 3.63) is 63.9 Å². The third kappa shape index (κ3) is 2.65. The summed E-state index contributed by atoms with van der Waals surface area (Å²) in [4.78, 5) is 14.3. The number of benzene rings is 2. The number of hydrogen-bond acceptors (Lipinski definition) is 2. The predicted octanol–water partition coefficient (Wildman–Crippen LogP) is 4.04. The van der Waals surface area contributed by atoms with Crippen LogP contribution < -0.4 is 4.74 Å². The van der Waals surface area contributed by atoms with Crippen LogP contribution in [0.4, 0.5) is 4.39 Å². The zero-order chi connectivity index (χ0) is 16.7. The second-order valence-corrected chi connectivity index (χ2v) is 6.71. The second kappa shape index (κ2) is 6.10. The van der Waals surface area contributed by atoms with Gasteiger partial charge in [-0.25, -0.2) is 4.39 Å². The lowest BCUT2D eigenvalue weighted by Crippen LogP contribution is -2.29. The molecule has 2 aromatic rings. The number of ether oxygens (including phenoxy) is 1. The van der Waals surface area contributed by atoms with Gasteiger partial charge in [0.2, 0.25) is 0 Å². The molecule has 2 aromatic carbocycles. The van der Waals surface area contributed by atoms with Gasteiger partial charge in [-0.15, -0.1) is 0 Å². The summed E-state index contributed by atoms with van der Waals surface area (Å²) in [7, 11) is 0. The molecule has 124 valence electrons. The van der Waals surface area contributed by atoms with Crippen LogP contribution in [0.25, 0.3) is 0 Å². The number of amides is 1. The molecule has 4 rings (SSSR count). The van der Waals surface area contributed by atoms with E-state index >= 15 is 0 Å². The molecular weight excluding hydrogens is 329 g/mol. The molecule has 1 unspecified atom stereocenters. The van der Waals surface area contributed by atoms with E-state index in [1.807, 2.05) is 6.07 Å². The Morgan fingerprint density at radius 1 is 1.29 bits per heavy atom. The predicted molar refractivity (Wildman–Crippen MR) is 90.3 cm³/mol. The molecule has 1 saturated heterocycles. The first-order valence-electron chi connectivity index (χ1n) is 8.12. The fourth-order valence-corrected chi connectivity index (χ4v) is 3.78. The molecule has 1 amide bonds. The maximum Gasteiger partial charge on any atom is 0.258 e. The van der Waals surface area contributed by atoms with Crippen LogP contribution in [0.2, 0.25) is 5.02 Å². The molecule has 1 atom stereocenters. The van der Waals surface area contributed by atoms with Crippen molar-refractivity contribution >= 4 is 17.5 Å². The zero-order valence-electron chi connectivity index (χ0n) is 13.1. The molecule has 0 saturated carbocycles. The Balaban J connectivity index is 1.53. The quantitative estimate of drug-likeness (QED) is 0.822. The molecule has 24 heavy (non-hydrogen) atoms. The van der Waals surface area contributed by atoms with Gasteiger partial charge in [-0.05, 0) is 35.7 Å². The van der Waals surface area contributed by atoms with Gasteiger partial charge in [0.25, 0.3) is 5.91 Å². The molecule has 2 aliphatic rings. The highest BCUT2D eigenvalue weighted by Gasteiger charge is 2.31. The summed E-state index contributed by atoms with van der Waals surface area (Å²) in [5.74, 6) is 0.337. The monoisotopic (exact) mass is 345 g/mol. The first-order valence-corrected chi connectivity index (χ1v) is 8.50. The van der Waals surface area contributed by atoms with Crippen molar-refractivity contribution in [2.24, 2.45) is 0 Å². The van der Waals surface area contributed by atoms with Gasteiger partial charge in [-0.3, -0.25) is 4.79 Å². The molecule has 0 bridgehead atoms. The normalized spacial score (nSPS) is 19.2. The van der Waals surface area contributed by atoms with Crippen molar-refractivity contribution in [3.63, 3.8) is 0 Å². The smallest absolute Gasteiger partial charge is 0.258 e. The van der Waals surface area contributed by atoms with Crippen LogP contribution in [0.3, 0.4) is 0 Å². The minimum atomic E-state index is -0.564. The number of rotatable bonds is 2. The van der Waals surface area contributed by atoms with Gasteiger partial charge in [-0.2, -0.15) is 0 Å². The maximum atomic E-state index is 14.0. The molecule has 1 fully saturated rings. The molecule has 0 aliphatic carbocycles. The lowest BCUT2D eigenvalue weighted by Gasteiger charge is -2.18. The standard InChI is InChI=1S/C19H17ClFNO2/c20-15-2-1-3-16(21)18(15)19(23)22-8-6-14(11-22)12-4-5-17-13(10-12)7-9-24-17/h1-5,10,14H,6-9,11H2. The third-order valence-corrected chi connectivity index (χ3v) is 5.15. The van der Waals surface area contributed by atoms with Gasteiger partial charge < -0.3 is 9.64 Å². The van der Waals surface area contributed by atoms with Crippen LogP contribution in [0, 0.1) is 5.82 Å². The highest BCUT2D eigenvalue weighted by molar-refractivity contribution is 6.33. The molecule has 2 aliphatic heterocycles. The Bertz CT molecular complexity index is 788. The Morgan fingerprint density at radius 3 is 3.00 bits per heavy atom. The fraction of sp³-hybridized carbons (Fsp3) is 0.316. The number of carbonyl (C=O) groups is 1. The van der Waals surface area contributed by atoms with Crippen molar-refractivity contribution in [1.82, 2.24) is 4.90 Å². The average molecular weight is 346 g/mol. The number of carbonyl (C=O) groups excluding carboxylic acids is 1. The average Bonchev–Trinajstić information content (AvgIpc) is 3.23. The highest BCUT2D eigenvalue weighted by atomic mass is 35.5. The molecule has 0 radical (unpaired) electrons. The van der Waals surface area contributed by atoms with Crippen molar-refractivity contribution in [2.75, 3.05) is 19.7 Å². The van der Waals surface area contributed by atoms with E-state index in [4.69, 9.17) is 16.3 Å². The summed E-state index contributed by atoms with van der Waals surface area (Å²) in [5.41, 5.74) is 2.42. The van der Waals surface area contributed by atoms with E-state index < -0.39 is 5.82 Å². The largest absolute Gasteiger partial charge is 0.493 e. The van der Waals surface area contributed by atoms with Crippen molar-refractivity contribution in [3.8, 4) is 5.75 Å². The summed E-state index contributed by atoms with van der Waals surface area (Å²) < 4.78 is 19.5. The molecule has 0 spiro atoms. The first-order chi connectivity index (χ1) is 11.6. The van der Waals surface area contributed by atoms with E-state index in [1.165, 1.54) is 23.3 Å². The second-order valence-electron chi connectivity index (χ2n) is 6.30. The van der Waals surface area contributed by atoms with E-state index in [0.717, 1.165) is 25.2 Å². The van der Waals surface area contributed by atoms with E-state index in [2.05, 4.69) is 12.1 Å². The van der Waals surface area contributed by atoms with Crippen molar-refractivity contribution in [1.29, 1.82) is 0 Å². The summed E-state index contributed by atoms with van der Waals surface area (Å²) >= 11 is 6.02. The van der Waals surface area contributed by atoms with Gasteiger partial charge in [0.15, 0.2) is 0 Å². The van der Waals surface area contributed by atoms with Crippen LogP contribution in [0.1, 0.15) is 33.8 Å². The zero-order valence-corrected chi connectivity index (χ0v) is 13.9. The van der Waals surface area contributed by atoms with E-state index in [1.54, 1.807) is 11.0 Å². The SMILES string of the molecule is O=C(c1c(F)cccc1Cl)N1CCC(c2ccc3c(c2)CCO3)C1. The van der Waals surface area contributed by atoms with Crippen LogP contribution >= 0.6 is 11.6 Å². The van der Waals surface area contributed by atoms with Crippen molar-refractivity contribution < 1.29 is 13.9 Å². The highest BCUT2D eigenvalue weighted by Crippen LogP contribution is 2.34. The summed E-state index contributed by atoms with van der Waals surface area (Å²) in [6.45, 7) is 1.94. The van der Waals surface area contributed by atoms with Gasteiger partial charge in [-0.1, -0.05) is 29.8 Å². The molecular formula is C19H17ClFNO2. The molecule has 2 heterocycles. The van der Waals surface area contributed by atoms with E-state index in [-0.39, 0.29) is 22.4 Å². The molecule has 0 N–H and O–H groups in total. The van der Waals surface area contributed by atoms with Crippen LogP contribution in [-0.2, 0) is 6.42 Å². The van der Waals surface area contributed by atoms with Crippen LogP contribution in [0.15, 0.2) is 36.4 Å².